The van der Waals surface area contributed by atoms with E-state index in [9.17, 15) is 0 Å². The van der Waals surface area contributed by atoms with Gasteiger partial charge in [0, 0.05) is 9.49 Å². The summed E-state index contributed by atoms with van der Waals surface area (Å²) < 4.78 is 1.34. The van der Waals surface area contributed by atoms with Crippen molar-refractivity contribution in [1.29, 1.82) is 0 Å². The highest BCUT2D eigenvalue weighted by Gasteiger charge is 2.31. The van der Waals surface area contributed by atoms with Gasteiger partial charge in [0.2, 0.25) is 0 Å². The lowest BCUT2D eigenvalue weighted by molar-refractivity contribution is 0.524. The molecule has 1 aliphatic rings. The van der Waals surface area contributed by atoms with Crippen LogP contribution in [0.5, 0.6) is 0 Å². The molecule has 0 aromatic heterocycles. The zero-order chi connectivity index (χ0) is 15.6. The van der Waals surface area contributed by atoms with Gasteiger partial charge in [0.15, 0.2) is 0 Å². The summed E-state index contributed by atoms with van der Waals surface area (Å²) >= 11 is 2.42. The molecule has 3 aromatic carbocycles. The van der Waals surface area contributed by atoms with E-state index in [1.54, 1.807) is 0 Å². The molecule has 0 N–H and O–H groups in total. The second-order valence-electron chi connectivity index (χ2n) is 6.29. The maximum Gasteiger partial charge on any atom is 0.0161 e. The number of halogens is 1. The first-order valence-electron chi connectivity index (χ1n) is 8.21. The third-order valence-corrected chi connectivity index (χ3v) is 5.62. The topological polar surface area (TPSA) is 0 Å². The minimum atomic E-state index is 0.458. The summed E-state index contributed by atoms with van der Waals surface area (Å²) in [7, 11) is 0. The highest BCUT2D eigenvalue weighted by molar-refractivity contribution is 14.1. The van der Waals surface area contributed by atoms with Crippen LogP contribution in [0.4, 0.5) is 0 Å². The van der Waals surface area contributed by atoms with Crippen molar-refractivity contribution in [1.82, 2.24) is 0 Å². The second kappa shape index (κ2) is 6.48. The number of aryl methyl sites for hydroxylation is 1. The standard InChI is InChI=1S/C22H19I/c23-19-12-14-21-18(15-19)11-13-20(16-7-3-1-4-8-16)22(21)17-9-5-2-6-10-17/h1-10,12,14-15,20,22H,11,13H2. The van der Waals surface area contributed by atoms with Crippen LogP contribution in [0, 0.1) is 3.57 Å². The zero-order valence-corrected chi connectivity index (χ0v) is 15.1. The smallest absolute Gasteiger partial charge is 0.0161 e. The Balaban J connectivity index is 1.86. The maximum absolute atomic E-state index is 2.42. The van der Waals surface area contributed by atoms with Gasteiger partial charge < -0.3 is 0 Å². The fraction of sp³-hybridized carbons (Fsp3) is 0.182. The van der Waals surface area contributed by atoms with Gasteiger partial charge in [-0.05, 0) is 75.7 Å². The van der Waals surface area contributed by atoms with E-state index < -0.39 is 0 Å². The number of hydrogen-bond acceptors (Lipinski definition) is 0. The van der Waals surface area contributed by atoms with Crippen molar-refractivity contribution in [2.45, 2.75) is 24.7 Å². The lowest BCUT2D eigenvalue weighted by atomic mass is 9.69. The molecule has 2 atom stereocenters. The van der Waals surface area contributed by atoms with E-state index in [0.29, 0.717) is 11.8 Å². The molecule has 23 heavy (non-hydrogen) atoms. The molecule has 0 bridgehead atoms. The molecule has 3 aromatic rings. The fourth-order valence-corrected chi connectivity index (χ4v) is 4.48. The van der Waals surface area contributed by atoms with Gasteiger partial charge in [-0.1, -0.05) is 66.7 Å². The van der Waals surface area contributed by atoms with Crippen LogP contribution < -0.4 is 0 Å². The molecule has 0 spiro atoms. The van der Waals surface area contributed by atoms with Crippen molar-refractivity contribution in [3.05, 3.63) is 105 Å². The lowest BCUT2D eigenvalue weighted by Gasteiger charge is -2.34. The summed E-state index contributed by atoms with van der Waals surface area (Å²) in [6.45, 7) is 0. The van der Waals surface area contributed by atoms with Gasteiger partial charge in [-0.2, -0.15) is 0 Å². The molecule has 4 rings (SSSR count). The summed E-state index contributed by atoms with van der Waals surface area (Å²) in [5, 5.41) is 0. The molecule has 114 valence electrons. The molecule has 2 unspecified atom stereocenters. The van der Waals surface area contributed by atoms with E-state index in [1.165, 1.54) is 38.7 Å². The molecule has 0 amide bonds. The molecule has 0 aliphatic heterocycles. The largest absolute Gasteiger partial charge is 0.0622 e. The van der Waals surface area contributed by atoms with E-state index in [1.807, 2.05) is 0 Å². The average Bonchev–Trinajstić information content (AvgIpc) is 2.62. The van der Waals surface area contributed by atoms with Gasteiger partial charge in [0.05, 0.1) is 0 Å². The summed E-state index contributed by atoms with van der Waals surface area (Å²) in [5.74, 6) is 1.02. The van der Waals surface area contributed by atoms with Crippen molar-refractivity contribution in [3.63, 3.8) is 0 Å². The van der Waals surface area contributed by atoms with E-state index in [4.69, 9.17) is 0 Å². The molecule has 0 nitrogen and oxygen atoms in total. The van der Waals surface area contributed by atoms with E-state index in [2.05, 4.69) is 101 Å². The average molecular weight is 410 g/mol. The minimum absolute atomic E-state index is 0.458. The molecule has 1 heteroatoms. The molecule has 0 radical (unpaired) electrons. The third kappa shape index (κ3) is 2.94. The Labute approximate surface area is 151 Å². The van der Waals surface area contributed by atoms with Crippen LogP contribution >= 0.6 is 22.6 Å². The van der Waals surface area contributed by atoms with Crippen molar-refractivity contribution in [2.75, 3.05) is 0 Å². The summed E-state index contributed by atoms with van der Waals surface area (Å²) in [5.41, 5.74) is 5.93. The maximum atomic E-state index is 2.42. The quantitative estimate of drug-likeness (QED) is 0.445. The first kappa shape index (κ1) is 14.9. The van der Waals surface area contributed by atoms with Crippen LogP contribution in [0.1, 0.15) is 40.5 Å². The molecular formula is C22H19I. The van der Waals surface area contributed by atoms with Gasteiger partial charge in [-0.3, -0.25) is 0 Å². The van der Waals surface area contributed by atoms with E-state index >= 15 is 0 Å². The number of hydrogen-bond donors (Lipinski definition) is 0. The number of rotatable bonds is 2. The summed E-state index contributed by atoms with van der Waals surface area (Å²) in [6, 6.07) is 29.0. The normalized spacial score (nSPS) is 20.0. The molecule has 0 fully saturated rings. The summed E-state index contributed by atoms with van der Waals surface area (Å²) in [4.78, 5) is 0. The lowest BCUT2D eigenvalue weighted by Crippen LogP contribution is -2.20. The third-order valence-electron chi connectivity index (χ3n) is 4.95. The van der Waals surface area contributed by atoms with Crippen molar-refractivity contribution < 1.29 is 0 Å². The Kier molecular flexibility index (Phi) is 4.21. The van der Waals surface area contributed by atoms with Crippen molar-refractivity contribution in [3.8, 4) is 0 Å². The SMILES string of the molecule is Ic1ccc2c(c1)CCC(c1ccccc1)C2c1ccccc1. The van der Waals surface area contributed by atoms with Gasteiger partial charge in [-0.25, -0.2) is 0 Å². The Morgan fingerprint density at radius 1 is 0.739 bits per heavy atom. The first-order chi connectivity index (χ1) is 11.3. The van der Waals surface area contributed by atoms with Gasteiger partial charge in [-0.15, -0.1) is 0 Å². The highest BCUT2D eigenvalue weighted by atomic mass is 127. The number of benzene rings is 3. The minimum Gasteiger partial charge on any atom is -0.0622 e. The summed E-state index contributed by atoms with van der Waals surface area (Å²) in [6.07, 6.45) is 2.39. The predicted molar refractivity (Wildman–Crippen MR) is 105 cm³/mol. The fourth-order valence-electron chi connectivity index (χ4n) is 3.92. The molecular weight excluding hydrogens is 391 g/mol. The van der Waals surface area contributed by atoms with Crippen molar-refractivity contribution in [2.24, 2.45) is 0 Å². The zero-order valence-electron chi connectivity index (χ0n) is 13.0. The van der Waals surface area contributed by atoms with Crippen LogP contribution in [0.25, 0.3) is 0 Å². The van der Waals surface area contributed by atoms with Gasteiger partial charge in [0.1, 0.15) is 0 Å². The highest BCUT2D eigenvalue weighted by Crippen LogP contribution is 2.46. The van der Waals surface area contributed by atoms with Crippen LogP contribution in [-0.4, -0.2) is 0 Å². The molecule has 0 heterocycles. The van der Waals surface area contributed by atoms with Crippen LogP contribution in [0.2, 0.25) is 0 Å². The van der Waals surface area contributed by atoms with E-state index in [-0.39, 0.29) is 0 Å². The Hall–Kier alpha value is -1.61. The predicted octanol–water partition coefficient (Wildman–Crippen LogP) is 6.15. The molecule has 0 saturated heterocycles. The molecule has 1 aliphatic carbocycles. The van der Waals surface area contributed by atoms with Gasteiger partial charge >= 0.3 is 0 Å². The number of fused-ring (bicyclic) bond motifs is 1. The van der Waals surface area contributed by atoms with Gasteiger partial charge in [0.25, 0.3) is 0 Å². The van der Waals surface area contributed by atoms with E-state index in [0.717, 1.165) is 0 Å². The Morgan fingerprint density at radius 3 is 2.09 bits per heavy atom. The van der Waals surface area contributed by atoms with Crippen LogP contribution in [-0.2, 0) is 6.42 Å². The van der Waals surface area contributed by atoms with Crippen molar-refractivity contribution >= 4 is 22.6 Å². The van der Waals surface area contributed by atoms with Crippen LogP contribution in [0.3, 0.4) is 0 Å². The monoisotopic (exact) mass is 410 g/mol. The Bertz CT molecular complexity index is 793. The molecule has 0 saturated carbocycles. The van der Waals surface area contributed by atoms with Crippen LogP contribution in [0.15, 0.2) is 78.9 Å². The first-order valence-corrected chi connectivity index (χ1v) is 9.29. The second-order valence-corrected chi connectivity index (χ2v) is 7.53. The Morgan fingerprint density at radius 2 is 1.39 bits per heavy atom.